The number of nitrogens with one attached hydrogen (secondary N) is 1. The molecule has 0 aliphatic carbocycles. The minimum atomic E-state index is 0.608. The van der Waals surface area contributed by atoms with Gasteiger partial charge in [0, 0.05) is 45.5 Å². The number of aryl methyl sites for hydroxylation is 1. The van der Waals surface area contributed by atoms with Crippen LogP contribution < -0.4 is 5.32 Å². The van der Waals surface area contributed by atoms with E-state index in [4.69, 9.17) is 0 Å². The lowest BCUT2D eigenvalue weighted by atomic mass is 10.2. The van der Waals surface area contributed by atoms with Crippen molar-refractivity contribution in [1.29, 1.82) is 0 Å². The molecular formula is C10H18N4. The van der Waals surface area contributed by atoms with Crippen molar-refractivity contribution in [1.82, 2.24) is 19.8 Å². The highest BCUT2D eigenvalue weighted by molar-refractivity contribution is 4.97. The maximum Gasteiger partial charge on any atom is 0.0945 e. The summed E-state index contributed by atoms with van der Waals surface area (Å²) < 4.78 is 2.09. The third-order valence-electron chi connectivity index (χ3n) is 2.75. The van der Waals surface area contributed by atoms with E-state index in [-0.39, 0.29) is 0 Å². The minimum Gasteiger partial charge on any atom is -0.337 e. The van der Waals surface area contributed by atoms with Gasteiger partial charge in [0.25, 0.3) is 0 Å². The SMILES string of the molecule is C[C@H]1CN(Cc2cncn2C)CCN1. The normalized spacial score (nSPS) is 24.0. The van der Waals surface area contributed by atoms with Gasteiger partial charge in [-0.2, -0.15) is 0 Å². The van der Waals surface area contributed by atoms with E-state index >= 15 is 0 Å². The molecule has 14 heavy (non-hydrogen) atoms. The largest absolute Gasteiger partial charge is 0.337 e. The highest BCUT2D eigenvalue weighted by atomic mass is 15.2. The molecule has 2 heterocycles. The van der Waals surface area contributed by atoms with Gasteiger partial charge in [0.15, 0.2) is 0 Å². The lowest BCUT2D eigenvalue weighted by Gasteiger charge is -2.31. The average Bonchev–Trinajstić information content (AvgIpc) is 2.52. The van der Waals surface area contributed by atoms with Crippen LogP contribution in [0.15, 0.2) is 12.5 Å². The first-order chi connectivity index (χ1) is 6.75. The molecule has 0 amide bonds. The van der Waals surface area contributed by atoms with Crippen molar-refractivity contribution in [3.05, 3.63) is 18.2 Å². The Morgan fingerprint density at radius 2 is 2.50 bits per heavy atom. The second-order valence-corrected chi connectivity index (χ2v) is 4.09. The fourth-order valence-electron chi connectivity index (χ4n) is 1.92. The Kier molecular flexibility index (Phi) is 2.84. The summed E-state index contributed by atoms with van der Waals surface area (Å²) in [6.45, 7) is 6.61. The maximum absolute atomic E-state index is 4.13. The lowest BCUT2D eigenvalue weighted by molar-refractivity contribution is 0.196. The molecular weight excluding hydrogens is 176 g/mol. The molecule has 1 aliphatic heterocycles. The molecule has 0 bridgehead atoms. The van der Waals surface area contributed by atoms with Crippen LogP contribution in [-0.4, -0.2) is 40.1 Å². The van der Waals surface area contributed by atoms with Crippen molar-refractivity contribution in [2.75, 3.05) is 19.6 Å². The van der Waals surface area contributed by atoms with E-state index in [1.807, 2.05) is 19.6 Å². The fraction of sp³-hybridized carbons (Fsp3) is 0.700. The molecule has 0 saturated carbocycles. The molecule has 1 saturated heterocycles. The van der Waals surface area contributed by atoms with Crippen LogP contribution in [0.5, 0.6) is 0 Å². The Hall–Kier alpha value is -0.870. The van der Waals surface area contributed by atoms with E-state index in [0.717, 1.165) is 26.2 Å². The zero-order valence-electron chi connectivity index (χ0n) is 8.90. The molecule has 1 aromatic rings. The van der Waals surface area contributed by atoms with Gasteiger partial charge in [0.2, 0.25) is 0 Å². The summed E-state index contributed by atoms with van der Waals surface area (Å²) in [6.07, 6.45) is 3.81. The molecule has 1 aromatic heterocycles. The Labute approximate surface area is 84.9 Å². The van der Waals surface area contributed by atoms with Gasteiger partial charge in [-0.3, -0.25) is 4.90 Å². The summed E-state index contributed by atoms with van der Waals surface area (Å²) in [5.74, 6) is 0. The zero-order chi connectivity index (χ0) is 9.97. The second-order valence-electron chi connectivity index (χ2n) is 4.09. The maximum atomic E-state index is 4.13. The molecule has 0 unspecified atom stereocenters. The topological polar surface area (TPSA) is 33.1 Å². The van der Waals surface area contributed by atoms with Crippen LogP contribution >= 0.6 is 0 Å². The Balaban J connectivity index is 1.94. The first kappa shape index (κ1) is 9.68. The number of imidazole rings is 1. The second kappa shape index (κ2) is 4.11. The molecule has 1 aliphatic rings. The summed E-state index contributed by atoms with van der Waals surface area (Å²) in [4.78, 5) is 6.60. The number of rotatable bonds is 2. The predicted molar refractivity (Wildman–Crippen MR) is 55.9 cm³/mol. The predicted octanol–water partition coefficient (Wildman–Crippen LogP) is 0.214. The van der Waals surface area contributed by atoms with Gasteiger partial charge < -0.3 is 9.88 Å². The Bertz CT molecular complexity index is 294. The van der Waals surface area contributed by atoms with Crippen molar-refractivity contribution in [3.63, 3.8) is 0 Å². The van der Waals surface area contributed by atoms with Gasteiger partial charge in [-0.15, -0.1) is 0 Å². The number of nitrogens with zero attached hydrogens (tertiary/aromatic N) is 3. The molecule has 1 N–H and O–H groups in total. The van der Waals surface area contributed by atoms with Crippen molar-refractivity contribution in [2.45, 2.75) is 19.5 Å². The van der Waals surface area contributed by atoms with Gasteiger partial charge in [0.1, 0.15) is 0 Å². The minimum absolute atomic E-state index is 0.608. The van der Waals surface area contributed by atoms with Crippen LogP contribution in [-0.2, 0) is 13.6 Å². The number of hydrogen-bond donors (Lipinski definition) is 1. The highest BCUT2D eigenvalue weighted by Crippen LogP contribution is 2.05. The molecule has 0 spiro atoms. The van der Waals surface area contributed by atoms with Gasteiger partial charge in [0.05, 0.1) is 12.0 Å². The summed E-state index contributed by atoms with van der Waals surface area (Å²) >= 11 is 0. The number of aromatic nitrogens is 2. The van der Waals surface area contributed by atoms with Crippen LogP contribution in [0.3, 0.4) is 0 Å². The molecule has 1 fully saturated rings. The van der Waals surface area contributed by atoms with Crippen LogP contribution in [0.1, 0.15) is 12.6 Å². The van der Waals surface area contributed by atoms with Crippen LogP contribution in [0, 0.1) is 0 Å². The van der Waals surface area contributed by atoms with E-state index in [2.05, 4.69) is 26.7 Å². The van der Waals surface area contributed by atoms with E-state index in [0.29, 0.717) is 6.04 Å². The van der Waals surface area contributed by atoms with Crippen molar-refractivity contribution in [3.8, 4) is 0 Å². The molecule has 0 aromatic carbocycles. The fourth-order valence-corrected chi connectivity index (χ4v) is 1.92. The first-order valence-electron chi connectivity index (χ1n) is 5.16. The van der Waals surface area contributed by atoms with Crippen LogP contribution in [0.25, 0.3) is 0 Å². The van der Waals surface area contributed by atoms with Gasteiger partial charge in [-0.25, -0.2) is 4.98 Å². The van der Waals surface area contributed by atoms with Crippen molar-refractivity contribution in [2.24, 2.45) is 7.05 Å². The Morgan fingerprint density at radius 3 is 3.14 bits per heavy atom. The third-order valence-corrected chi connectivity index (χ3v) is 2.75. The van der Waals surface area contributed by atoms with Crippen LogP contribution in [0.4, 0.5) is 0 Å². The number of hydrogen-bond acceptors (Lipinski definition) is 3. The quantitative estimate of drug-likeness (QED) is 0.731. The van der Waals surface area contributed by atoms with E-state index < -0.39 is 0 Å². The Morgan fingerprint density at radius 1 is 1.64 bits per heavy atom. The standard InChI is InChI=1S/C10H18N4/c1-9-6-14(4-3-12-9)7-10-5-11-8-13(10)2/h5,8-9,12H,3-4,6-7H2,1-2H3/t9-/m0/s1. The molecule has 78 valence electrons. The zero-order valence-corrected chi connectivity index (χ0v) is 8.90. The van der Waals surface area contributed by atoms with Gasteiger partial charge in [-0.1, -0.05) is 0 Å². The molecule has 0 radical (unpaired) electrons. The number of piperazine rings is 1. The summed E-state index contributed by atoms with van der Waals surface area (Å²) in [5, 5.41) is 3.44. The average molecular weight is 194 g/mol. The lowest BCUT2D eigenvalue weighted by Crippen LogP contribution is -2.48. The van der Waals surface area contributed by atoms with E-state index in [1.54, 1.807) is 0 Å². The smallest absolute Gasteiger partial charge is 0.0945 e. The van der Waals surface area contributed by atoms with Crippen molar-refractivity contribution < 1.29 is 0 Å². The summed E-state index contributed by atoms with van der Waals surface area (Å²) in [5.41, 5.74) is 1.29. The van der Waals surface area contributed by atoms with Gasteiger partial charge in [-0.05, 0) is 6.92 Å². The summed E-state index contributed by atoms with van der Waals surface area (Å²) in [6, 6.07) is 0.608. The van der Waals surface area contributed by atoms with E-state index in [1.165, 1.54) is 5.69 Å². The first-order valence-corrected chi connectivity index (χ1v) is 5.16. The molecule has 4 nitrogen and oxygen atoms in total. The van der Waals surface area contributed by atoms with E-state index in [9.17, 15) is 0 Å². The van der Waals surface area contributed by atoms with Crippen LogP contribution in [0.2, 0.25) is 0 Å². The molecule has 4 heteroatoms. The molecule has 1 atom stereocenters. The van der Waals surface area contributed by atoms with Gasteiger partial charge >= 0.3 is 0 Å². The molecule has 2 rings (SSSR count). The third kappa shape index (κ3) is 2.13. The van der Waals surface area contributed by atoms with Crippen molar-refractivity contribution >= 4 is 0 Å². The highest BCUT2D eigenvalue weighted by Gasteiger charge is 2.16. The monoisotopic (exact) mass is 194 g/mol. The summed E-state index contributed by atoms with van der Waals surface area (Å²) in [7, 11) is 2.05.